The summed E-state index contributed by atoms with van der Waals surface area (Å²) >= 11 is 0. The van der Waals surface area contributed by atoms with E-state index in [1.807, 2.05) is 0 Å². The number of ether oxygens (including phenoxy) is 1. The van der Waals surface area contributed by atoms with Crippen LogP contribution >= 0.6 is 0 Å². The maximum Gasteiger partial charge on any atom is 0.127 e. The van der Waals surface area contributed by atoms with Crippen molar-refractivity contribution in [2.45, 2.75) is 51.3 Å². The molecule has 20 heavy (non-hydrogen) atoms. The second-order valence-corrected chi connectivity index (χ2v) is 6.90. The largest absolute Gasteiger partial charge is 0.487 e. The molecular weight excluding hydrogens is 248 g/mol. The van der Waals surface area contributed by atoms with Crippen LogP contribution in [0.15, 0.2) is 18.2 Å². The van der Waals surface area contributed by atoms with Gasteiger partial charge in [0.25, 0.3) is 0 Å². The molecule has 110 valence electrons. The molecule has 2 heterocycles. The first-order valence-corrected chi connectivity index (χ1v) is 7.75. The third-order valence-corrected chi connectivity index (χ3v) is 4.47. The Bertz CT molecular complexity index is 476. The summed E-state index contributed by atoms with van der Waals surface area (Å²) < 4.78 is 6.13. The van der Waals surface area contributed by atoms with Gasteiger partial charge in [0.2, 0.25) is 0 Å². The summed E-state index contributed by atoms with van der Waals surface area (Å²) in [5, 5.41) is 3.71. The van der Waals surface area contributed by atoms with Crippen molar-refractivity contribution >= 4 is 0 Å². The van der Waals surface area contributed by atoms with Crippen LogP contribution in [0.25, 0.3) is 0 Å². The Labute approximate surface area is 122 Å². The van der Waals surface area contributed by atoms with E-state index in [2.05, 4.69) is 49.3 Å². The first-order valence-electron chi connectivity index (χ1n) is 7.75. The van der Waals surface area contributed by atoms with E-state index in [0.29, 0.717) is 6.04 Å². The second-order valence-electron chi connectivity index (χ2n) is 6.90. The number of nitrogens with zero attached hydrogens (tertiary/aromatic N) is 1. The Balaban J connectivity index is 1.63. The van der Waals surface area contributed by atoms with Crippen molar-refractivity contribution in [2.75, 3.05) is 20.1 Å². The third kappa shape index (κ3) is 2.99. The van der Waals surface area contributed by atoms with Gasteiger partial charge < -0.3 is 15.0 Å². The number of benzene rings is 1. The van der Waals surface area contributed by atoms with E-state index in [4.69, 9.17) is 4.74 Å². The normalized spacial score (nSPS) is 22.6. The van der Waals surface area contributed by atoms with Gasteiger partial charge in [-0.05, 0) is 52.4 Å². The van der Waals surface area contributed by atoms with Gasteiger partial charge in [-0.15, -0.1) is 0 Å². The summed E-state index contributed by atoms with van der Waals surface area (Å²) in [6.07, 6.45) is 3.51. The van der Waals surface area contributed by atoms with Gasteiger partial charge in [-0.1, -0.05) is 18.2 Å². The van der Waals surface area contributed by atoms with Crippen LogP contribution in [0.4, 0.5) is 0 Å². The Morgan fingerprint density at radius 1 is 1.30 bits per heavy atom. The van der Waals surface area contributed by atoms with Gasteiger partial charge in [-0.25, -0.2) is 0 Å². The number of piperidine rings is 1. The van der Waals surface area contributed by atoms with E-state index < -0.39 is 0 Å². The Hall–Kier alpha value is -1.06. The van der Waals surface area contributed by atoms with Crippen LogP contribution in [0, 0.1) is 0 Å². The predicted octanol–water partition coefficient (Wildman–Crippen LogP) is 2.58. The van der Waals surface area contributed by atoms with Crippen LogP contribution in [0.5, 0.6) is 5.75 Å². The second kappa shape index (κ2) is 5.38. The van der Waals surface area contributed by atoms with Crippen molar-refractivity contribution in [1.82, 2.24) is 10.2 Å². The van der Waals surface area contributed by atoms with Gasteiger partial charge in [0.1, 0.15) is 11.4 Å². The fourth-order valence-electron chi connectivity index (χ4n) is 3.29. The van der Waals surface area contributed by atoms with E-state index in [1.165, 1.54) is 37.1 Å². The van der Waals surface area contributed by atoms with E-state index >= 15 is 0 Å². The highest BCUT2D eigenvalue weighted by Gasteiger charge is 2.31. The molecule has 0 aliphatic carbocycles. The van der Waals surface area contributed by atoms with Gasteiger partial charge in [-0.2, -0.15) is 0 Å². The summed E-state index contributed by atoms with van der Waals surface area (Å²) in [6, 6.07) is 7.21. The number of hydrogen-bond donors (Lipinski definition) is 1. The molecule has 0 unspecified atom stereocenters. The van der Waals surface area contributed by atoms with Crippen LogP contribution in [0.2, 0.25) is 0 Å². The molecule has 1 N–H and O–H groups in total. The lowest BCUT2D eigenvalue weighted by molar-refractivity contribution is 0.137. The van der Waals surface area contributed by atoms with E-state index in [9.17, 15) is 0 Å². The maximum atomic E-state index is 6.13. The smallest absolute Gasteiger partial charge is 0.127 e. The highest BCUT2D eigenvalue weighted by atomic mass is 16.5. The standard InChI is InChI=1S/C17H26N2O/c1-17(2)11-13-5-4-6-14(16(13)20-17)12-18-15-7-9-19(3)10-8-15/h4-6,15,18H,7-12H2,1-3H3. The molecule has 1 aromatic rings. The topological polar surface area (TPSA) is 24.5 Å². The summed E-state index contributed by atoms with van der Waals surface area (Å²) in [4.78, 5) is 2.41. The molecule has 3 heteroatoms. The molecule has 1 saturated heterocycles. The summed E-state index contributed by atoms with van der Waals surface area (Å²) in [7, 11) is 2.20. The highest BCUT2D eigenvalue weighted by Crippen LogP contribution is 2.37. The highest BCUT2D eigenvalue weighted by molar-refractivity contribution is 5.45. The minimum absolute atomic E-state index is 0.0496. The molecule has 0 radical (unpaired) electrons. The molecular formula is C17H26N2O. The first-order chi connectivity index (χ1) is 9.53. The number of hydrogen-bond acceptors (Lipinski definition) is 3. The molecule has 0 aromatic heterocycles. The van der Waals surface area contributed by atoms with Crippen LogP contribution in [0.1, 0.15) is 37.8 Å². The number of likely N-dealkylation sites (tertiary alicyclic amines) is 1. The number of nitrogens with one attached hydrogen (secondary N) is 1. The molecule has 1 aromatic carbocycles. The molecule has 0 saturated carbocycles. The quantitative estimate of drug-likeness (QED) is 0.917. The van der Waals surface area contributed by atoms with Crippen LogP contribution < -0.4 is 10.1 Å². The predicted molar refractivity (Wildman–Crippen MR) is 82.2 cm³/mol. The average Bonchev–Trinajstić information content (AvgIpc) is 2.72. The van der Waals surface area contributed by atoms with Crippen LogP contribution in [-0.2, 0) is 13.0 Å². The van der Waals surface area contributed by atoms with Gasteiger partial charge in [0, 0.05) is 24.6 Å². The lowest BCUT2D eigenvalue weighted by atomic mass is 10.00. The molecule has 3 nitrogen and oxygen atoms in total. The average molecular weight is 274 g/mol. The maximum absolute atomic E-state index is 6.13. The number of fused-ring (bicyclic) bond motifs is 1. The van der Waals surface area contributed by atoms with Gasteiger partial charge in [-0.3, -0.25) is 0 Å². The minimum atomic E-state index is -0.0496. The zero-order valence-corrected chi connectivity index (χ0v) is 12.9. The van der Waals surface area contributed by atoms with Crippen molar-refractivity contribution in [1.29, 1.82) is 0 Å². The lowest BCUT2D eigenvalue weighted by Crippen LogP contribution is -2.40. The van der Waals surface area contributed by atoms with Crippen LogP contribution in [-0.4, -0.2) is 36.7 Å². The lowest BCUT2D eigenvalue weighted by Gasteiger charge is -2.29. The molecule has 0 bridgehead atoms. The van der Waals surface area contributed by atoms with E-state index in [0.717, 1.165) is 18.7 Å². The van der Waals surface area contributed by atoms with Gasteiger partial charge >= 0.3 is 0 Å². The van der Waals surface area contributed by atoms with E-state index in [-0.39, 0.29) is 5.60 Å². The number of para-hydroxylation sites is 1. The molecule has 1 fully saturated rings. The summed E-state index contributed by atoms with van der Waals surface area (Å²) in [5.41, 5.74) is 2.62. The van der Waals surface area contributed by atoms with Crippen molar-refractivity contribution in [3.05, 3.63) is 29.3 Å². The van der Waals surface area contributed by atoms with Gasteiger partial charge in [0.05, 0.1) is 0 Å². The summed E-state index contributed by atoms with van der Waals surface area (Å²) in [6.45, 7) is 7.66. The third-order valence-electron chi connectivity index (χ3n) is 4.47. The summed E-state index contributed by atoms with van der Waals surface area (Å²) in [5.74, 6) is 1.12. The minimum Gasteiger partial charge on any atom is -0.487 e. The molecule has 2 aliphatic heterocycles. The monoisotopic (exact) mass is 274 g/mol. The molecule has 0 atom stereocenters. The van der Waals surface area contributed by atoms with Crippen LogP contribution in [0.3, 0.4) is 0 Å². The molecule has 3 rings (SSSR count). The van der Waals surface area contributed by atoms with Crippen molar-refractivity contribution in [3.8, 4) is 5.75 Å². The van der Waals surface area contributed by atoms with E-state index in [1.54, 1.807) is 0 Å². The fourth-order valence-corrected chi connectivity index (χ4v) is 3.29. The zero-order chi connectivity index (χ0) is 14.2. The zero-order valence-electron chi connectivity index (χ0n) is 12.9. The van der Waals surface area contributed by atoms with Crippen molar-refractivity contribution < 1.29 is 4.74 Å². The first kappa shape index (κ1) is 13.9. The SMILES string of the molecule is CN1CCC(NCc2cccc3c2OC(C)(C)C3)CC1. The Morgan fingerprint density at radius 2 is 2.05 bits per heavy atom. The van der Waals surface area contributed by atoms with Gasteiger partial charge in [0.15, 0.2) is 0 Å². The molecule has 2 aliphatic rings. The van der Waals surface area contributed by atoms with Crippen molar-refractivity contribution in [2.24, 2.45) is 0 Å². The molecule has 0 amide bonds. The molecule has 0 spiro atoms. The Morgan fingerprint density at radius 3 is 2.80 bits per heavy atom. The fraction of sp³-hybridized carbons (Fsp3) is 0.647. The Kier molecular flexibility index (Phi) is 3.74. The van der Waals surface area contributed by atoms with Crippen molar-refractivity contribution in [3.63, 3.8) is 0 Å². The number of rotatable bonds is 3.